The number of carbonyl (C=O) groups excluding carboxylic acids is 2. The Labute approximate surface area is 218 Å². The van der Waals surface area contributed by atoms with Crippen LogP contribution in [-0.4, -0.2) is 26.3 Å². The Morgan fingerprint density at radius 1 is 0.943 bits per heavy atom. The van der Waals surface area contributed by atoms with Crippen molar-refractivity contribution in [2.45, 2.75) is 43.0 Å². The Bertz CT molecular complexity index is 1300. The van der Waals surface area contributed by atoms with E-state index in [4.69, 9.17) is 40.5 Å². The van der Waals surface area contributed by atoms with Crippen LogP contribution in [-0.2, 0) is 14.8 Å². The second-order valence-corrected chi connectivity index (χ2v) is 13.0. The Kier molecular flexibility index (Phi) is 6.23. The first-order valence-electron chi connectivity index (χ1n) is 11.3. The number of amides is 2. The molecule has 4 aliphatic carbocycles. The van der Waals surface area contributed by atoms with E-state index in [2.05, 4.69) is 10.0 Å². The molecule has 2 atom stereocenters. The highest BCUT2D eigenvalue weighted by Crippen LogP contribution is 2.59. The molecule has 4 aliphatic rings. The molecule has 11 heteroatoms. The third-order valence-electron chi connectivity index (χ3n) is 7.71. The van der Waals surface area contributed by atoms with E-state index in [1.54, 1.807) is 6.07 Å². The van der Waals surface area contributed by atoms with Gasteiger partial charge in [0, 0.05) is 27.1 Å². The summed E-state index contributed by atoms with van der Waals surface area (Å²) in [5, 5.41) is 3.62. The molecule has 0 radical (unpaired) electrons. The minimum Gasteiger partial charge on any atom is -0.369 e. The highest BCUT2D eigenvalue weighted by Gasteiger charge is 2.58. The number of halogens is 3. The number of hydrogen-bond acceptors (Lipinski definition) is 4. The summed E-state index contributed by atoms with van der Waals surface area (Å²) in [5.74, 6) is 0.339. The molecular weight excluding hydrogens is 533 g/mol. The van der Waals surface area contributed by atoms with Gasteiger partial charge in [0.15, 0.2) is 0 Å². The number of benzene rings is 2. The van der Waals surface area contributed by atoms with E-state index in [1.807, 2.05) is 0 Å². The van der Waals surface area contributed by atoms with E-state index in [-0.39, 0.29) is 60.9 Å². The zero-order valence-electron chi connectivity index (χ0n) is 18.6. The summed E-state index contributed by atoms with van der Waals surface area (Å²) in [6.07, 6.45) is 4.21. The van der Waals surface area contributed by atoms with Crippen LogP contribution in [0.15, 0.2) is 41.3 Å². The third kappa shape index (κ3) is 4.61. The maximum Gasteiger partial charge on any atom is 0.262 e. The summed E-state index contributed by atoms with van der Waals surface area (Å²) in [6, 6.07) is 8.34. The highest BCUT2D eigenvalue weighted by atomic mass is 35.5. The van der Waals surface area contributed by atoms with E-state index < -0.39 is 15.4 Å². The van der Waals surface area contributed by atoms with Crippen LogP contribution in [0.4, 0.5) is 5.69 Å². The van der Waals surface area contributed by atoms with Gasteiger partial charge in [-0.05, 0) is 86.3 Å². The molecule has 0 heterocycles. The molecule has 2 aromatic rings. The van der Waals surface area contributed by atoms with Crippen LogP contribution in [0.3, 0.4) is 0 Å². The summed E-state index contributed by atoms with van der Waals surface area (Å²) in [4.78, 5) is 25.2. The standard InChI is InChI=1S/C24H24Cl3N3O4S/c25-16-6-17(26)8-18(7-16)35(33,34)30-20-5-13(1-2-19(20)27)22(31)29-21-14-3-12-4-15(21)11-24(9-12,10-14)23(28)32/h1-2,5-8,12,14-15,21,30H,3-4,9-11H2,(H2,28,32)(H,29,31). The fourth-order valence-electron chi connectivity index (χ4n) is 6.43. The molecule has 0 spiro atoms. The van der Waals surface area contributed by atoms with Crippen LogP contribution in [0.5, 0.6) is 0 Å². The molecule has 4 fully saturated rings. The largest absolute Gasteiger partial charge is 0.369 e. The van der Waals surface area contributed by atoms with Gasteiger partial charge in [0.05, 0.1) is 15.6 Å². The first-order valence-corrected chi connectivity index (χ1v) is 14.0. The molecule has 0 aliphatic heterocycles. The summed E-state index contributed by atoms with van der Waals surface area (Å²) in [5.41, 5.74) is 5.66. The minimum atomic E-state index is -4.06. The number of hydrogen-bond donors (Lipinski definition) is 3. The number of anilines is 1. The number of primary amides is 1. The van der Waals surface area contributed by atoms with Gasteiger partial charge >= 0.3 is 0 Å². The highest BCUT2D eigenvalue weighted by molar-refractivity contribution is 7.92. The predicted octanol–water partition coefficient (Wildman–Crippen LogP) is 4.86. The molecule has 4 saturated carbocycles. The van der Waals surface area contributed by atoms with Gasteiger partial charge in [-0.15, -0.1) is 0 Å². The van der Waals surface area contributed by atoms with Crippen molar-refractivity contribution < 1.29 is 18.0 Å². The smallest absolute Gasteiger partial charge is 0.262 e. The molecule has 35 heavy (non-hydrogen) atoms. The van der Waals surface area contributed by atoms with Crippen molar-refractivity contribution in [3.05, 3.63) is 57.0 Å². The van der Waals surface area contributed by atoms with Crippen LogP contribution in [0.2, 0.25) is 15.1 Å². The topological polar surface area (TPSA) is 118 Å². The summed E-state index contributed by atoms with van der Waals surface area (Å²) in [6.45, 7) is 0. The first kappa shape index (κ1) is 24.7. The summed E-state index contributed by atoms with van der Waals surface area (Å²) in [7, 11) is -4.06. The molecule has 7 nitrogen and oxygen atoms in total. The molecule has 0 saturated heterocycles. The van der Waals surface area contributed by atoms with Gasteiger partial charge in [-0.25, -0.2) is 8.42 Å². The Morgan fingerprint density at radius 2 is 1.57 bits per heavy atom. The van der Waals surface area contributed by atoms with Crippen molar-refractivity contribution in [3.63, 3.8) is 0 Å². The lowest BCUT2D eigenvalue weighted by molar-refractivity contribution is -0.145. The number of carbonyl (C=O) groups is 2. The second-order valence-electron chi connectivity index (χ2n) is 10.0. The van der Waals surface area contributed by atoms with Gasteiger partial charge in [0.2, 0.25) is 5.91 Å². The fourth-order valence-corrected chi connectivity index (χ4v) is 8.45. The molecule has 4 N–H and O–H groups in total. The van der Waals surface area contributed by atoms with Crippen LogP contribution < -0.4 is 15.8 Å². The van der Waals surface area contributed by atoms with Crippen LogP contribution >= 0.6 is 34.8 Å². The van der Waals surface area contributed by atoms with Crippen molar-refractivity contribution in [2.75, 3.05) is 4.72 Å². The third-order valence-corrected chi connectivity index (χ3v) is 9.82. The van der Waals surface area contributed by atoms with Gasteiger partial charge in [0.25, 0.3) is 15.9 Å². The number of nitrogens with two attached hydrogens (primary N) is 1. The molecular formula is C24H24Cl3N3O4S. The SMILES string of the molecule is NC(=O)C12CC3CC(C1)C(NC(=O)c1ccc(Cl)c(NS(=O)(=O)c4cc(Cl)cc(Cl)c4)c1)C(C3)C2. The Balaban J connectivity index is 1.35. The van der Waals surface area contributed by atoms with E-state index >= 15 is 0 Å². The predicted molar refractivity (Wildman–Crippen MR) is 135 cm³/mol. The molecule has 2 amide bonds. The van der Waals surface area contributed by atoms with Gasteiger partial charge in [-0.1, -0.05) is 34.8 Å². The van der Waals surface area contributed by atoms with E-state index in [9.17, 15) is 18.0 Å². The van der Waals surface area contributed by atoms with Gasteiger partial charge in [0.1, 0.15) is 0 Å². The number of rotatable bonds is 6. The second kappa shape index (κ2) is 8.83. The maximum atomic E-state index is 13.2. The van der Waals surface area contributed by atoms with Crippen molar-refractivity contribution >= 4 is 62.3 Å². The quantitative estimate of drug-likeness (QED) is 0.471. The monoisotopic (exact) mass is 555 g/mol. The molecule has 6 rings (SSSR count). The minimum absolute atomic E-state index is 0.0454. The van der Waals surface area contributed by atoms with Gasteiger partial charge in [-0.2, -0.15) is 0 Å². The van der Waals surface area contributed by atoms with E-state index in [1.165, 1.54) is 30.3 Å². The molecule has 2 aromatic carbocycles. The Hall–Kier alpha value is -2.00. The lowest BCUT2D eigenvalue weighted by Gasteiger charge is -2.58. The van der Waals surface area contributed by atoms with Crippen LogP contribution in [0.25, 0.3) is 0 Å². The normalized spacial score (nSPS) is 29.1. The van der Waals surface area contributed by atoms with Gasteiger partial charge in [-0.3, -0.25) is 14.3 Å². The molecule has 2 unspecified atom stereocenters. The fraction of sp³-hybridized carbons (Fsp3) is 0.417. The zero-order valence-corrected chi connectivity index (χ0v) is 21.6. The van der Waals surface area contributed by atoms with Crippen LogP contribution in [0, 0.1) is 23.2 Å². The first-order chi connectivity index (χ1) is 16.5. The average Bonchev–Trinajstić information content (AvgIpc) is 2.76. The van der Waals surface area contributed by atoms with E-state index in [0.29, 0.717) is 18.8 Å². The maximum absolute atomic E-state index is 13.2. The van der Waals surface area contributed by atoms with E-state index in [0.717, 1.165) is 19.3 Å². The number of sulfonamides is 1. The van der Waals surface area contributed by atoms with Crippen LogP contribution in [0.1, 0.15) is 42.5 Å². The van der Waals surface area contributed by atoms with Crippen molar-refractivity contribution in [1.82, 2.24) is 5.32 Å². The summed E-state index contributed by atoms with van der Waals surface area (Å²) >= 11 is 18.1. The lowest BCUT2D eigenvalue weighted by atomic mass is 9.47. The summed E-state index contributed by atoms with van der Waals surface area (Å²) < 4.78 is 28.2. The Morgan fingerprint density at radius 3 is 2.17 bits per heavy atom. The average molecular weight is 557 g/mol. The van der Waals surface area contributed by atoms with Crippen molar-refractivity contribution in [2.24, 2.45) is 28.9 Å². The lowest BCUT2D eigenvalue weighted by Crippen LogP contribution is -2.62. The number of nitrogens with one attached hydrogen (secondary N) is 2. The molecule has 4 bridgehead atoms. The van der Waals surface area contributed by atoms with Gasteiger partial charge < -0.3 is 11.1 Å². The molecule has 186 valence electrons. The van der Waals surface area contributed by atoms with Crippen molar-refractivity contribution in [3.8, 4) is 0 Å². The van der Waals surface area contributed by atoms with Crippen molar-refractivity contribution in [1.29, 1.82) is 0 Å². The zero-order chi connectivity index (χ0) is 25.1. The molecule has 0 aromatic heterocycles.